The van der Waals surface area contributed by atoms with E-state index in [4.69, 9.17) is 0 Å². The van der Waals surface area contributed by atoms with Crippen LogP contribution in [0.1, 0.15) is 61.1 Å². The van der Waals surface area contributed by atoms with E-state index in [1.165, 1.54) is 0 Å². The third-order valence-corrected chi connectivity index (χ3v) is 5.51. The summed E-state index contributed by atoms with van der Waals surface area (Å²) in [7, 11) is 0. The van der Waals surface area contributed by atoms with Crippen molar-refractivity contribution < 1.29 is 14.4 Å². The Labute approximate surface area is 183 Å². The van der Waals surface area contributed by atoms with Gasteiger partial charge in [0.2, 0.25) is 11.8 Å². The highest BCUT2D eigenvalue weighted by atomic mass is 16.2. The van der Waals surface area contributed by atoms with Crippen LogP contribution in [0.3, 0.4) is 0 Å². The van der Waals surface area contributed by atoms with Crippen molar-refractivity contribution in [3.8, 4) is 0 Å². The van der Waals surface area contributed by atoms with Gasteiger partial charge >= 0.3 is 0 Å². The van der Waals surface area contributed by atoms with Crippen LogP contribution in [0.4, 0.5) is 0 Å². The molecule has 31 heavy (non-hydrogen) atoms. The van der Waals surface area contributed by atoms with Gasteiger partial charge in [0.25, 0.3) is 5.91 Å². The third-order valence-electron chi connectivity index (χ3n) is 5.51. The monoisotopic (exact) mass is 425 g/mol. The van der Waals surface area contributed by atoms with E-state index < -0.39 is 0 Å². The Balaban J connectivity index is 1.75. The van der Waals surface area contributed by atoms with Crippen molar-refractivity contribution in [1.29, 1.82) is 0 Å². The lowest BCUT2D eigenvalue weighted by Gasteiger charge is -2.32. The molecule has 166 valence electrons. The first-order valence-corrected chi connectivity index (χ1v) is 11.0. The van der Waals surface area contributed by atoms with Crippen LogP contribution in [-0.4, -0.2) is 52.0 Å². The highest BCUT2D eigenvalue weighted by Crippen LogP contribution is 2.25. The van der Waals surface area contributed by atoms with Crippen LogP contribution in [-0.2, 0) is 16.1 Å². The summed E-state index contributed by atoms with van der Waals surface area (Å²) in [5.74, 6) is -0.653. The molecule has 1 aliphatic heterocycles. The average molecular weight is 426 g/mol. The first-order valence-electron chi connectivity index (χ1n) is 11.0. The number of aryl methyl sites for hydroxylation is 1. The fourth-order valence-corrected chi connectivity index (χ4v) is 3.78. The molecule has 0 aliphatic carbocycles. The quantitative estimate of drug-likeness (QED) is 0.768. The van der Waals surface area contributed by atoms with Gasteiger partial charge in [-0.25, -0.2) is 0 Å². The van der Waals surface area contributed by atoms with Gasteiger partial charge in [-0.3, -0.25) is 19.1 Å². The molecule has 2 N–H and O–H groups in total. The first-order chi connectivity index (χ1) is 15.1. The minimum Gasteiger partial charge on any atom is -0.356 e. The van der Waals surface area contributed by atoms with Crippen LogP contribution in [0.2, 0.25) is 0 Å². The molecule has 3 amide bonds. The van der Waals surface area contributed by atoms with Gasteiger partial charge in [-0.05, 0) is 31.4 Å². The Bertz CT molecular complexity index is 880. The maximum atomic E-state index is 13.2. The molecule has 0 saturated carbocycles. The summed E-state index contributed by atoms with van der Waals surface area (Å²) in [6.07, 6.45) is 5.73. The molecule has 1 atom stereocenters. The Kier molecular flexibility index (Phi) is 8.20. The Morgan fingerprint density at radius 1 is 1.13 bits per heavy atom. The van der Waals surface area contributed by atoms with Crippen molar-refractivity contribution in [2.45, 2.75) is 51.6 Å². The standard InChI is InChI=1S/C23H31N5O3/c1-2-27-15-12-19(26-27)23(31)25-17-22(30)28-14-9-4-3-8-13-24-21(29)16-20(28)18-10-6-5-7-11-18/h5-7,10-12,15,20H,2-4,8-9,13-14,16-17H2,1H3,(H,24,29)(H,25,31). The highest BCUT2D eigenvalue weighted by Gasteiger charge is 2.28. The predicted molar refractivity (Wildman–Crippen MR) is 117 cm³/mol. The van der Waals surface area contributed by atoms with Crippen molar-refractivity contribution in [1.82, 2.24) is 25.3 Å². The minimum atomic E-state index is -0.382. The zero-order valence-electron chi connectivity index (χ0n) is 18.0. The van der Waals surface area contributed by atoms with Crippen molar-refractivity contribution in [2.75, 3.05) is 19.6 Å². The number of benzene rings is 1. The van der Waals surface area contributed by atoms with E-state index in [2.05, 4.69) is 15.7 Å². The number of carbonyl (C=O) groups is 3. The van der Waals surface area contributed by atoms with Gasteiger partial charge in [0.1, 0.15) is 5.69 Å². The predicted octanol–water partition coefficient (Wildman–Crippen LogP) is 2.28. The molecule has 1 saturated heterocycles. The van der Waals surface area contributed by atoms with Crippen LogP contribution in [0.15, 0.2) is 42.6 Å². The largest absolute Gasteiger partial charge is 0.356 e. The number of carbonyl (C=O) groups excluding carboxylic acids is 3. The molecule has 2 heterocycles. The summed E-state index contributed by atoms with van der Waals surface area (Å²) in [6.45, 7) is 3.68. The van der Waals surface area contributed by atoms with Gasteiger partial charge < -0.3 is 15.5 Å². The number of hydrogen-bond acceptors (Lipinski definition) is 4. The lowest BCUT2D eigenvalue weighted by Crippen LogP contribution is -2.44. The number of nitrogens with zero attached hydrogens (tertiary/aromatic N) is 3. The van der Waals surface area contributed by atoms with Crippen molar-refractivity contribution >= 4 is 17.7 Å². The minimum absolute atomic E-state index is 0.0669. The Morgan fingerprint density at radius 2 is 1.90 bits per heavy atom. The number of amides is 3. The molecular weight excluding hydrogens is 394 g/mol. The summed E-state index contributed by atoms with van der Waals surface area (Å²) in [4.78, 5) is 39.9. The van der Waals surface area contributed by atoms with Crippen LogP contribution in [0.5, 0.6) is 0 Å². The molecule has 1 unspecified atom stereocenters. The van der Waals surface area contributed by atoms with Crippen LogP contribution >= 0.6 is 0 Å². The fraction of sp³-hybridized carbons (Fsp3) is 0.478. The second-order valence-corrected chi connectivity index (χ2v) is 7.72. The smallest absolute Gasteiger partial charge is 0.272 e. The van der Waals surface area contributed by atoms with Gasteiger partial charge in [-0.1, -0.05) is 43.2 Å². The Morgan fingerprint density at radius 3 is 2.65 bits per heavy atom. The Hall–Kier alpha value is -3.16. The fourth-order valence-electron chi connectivity index (χ4n) is 3.78. The van der Waals surface area contributed by atoms with E-state index in [0.29, 0.717) is 19.6 Å². The zero-order valence-corrected chi connectivity index (χ0v) is 18.0. The van der Waals surface area contributed by atoms with Gasteiger partial charge in [0.05, 0.1) is 19.0 Å². The molecule has 2 aromatic rings. The molecule has 8 heteroatoms. The van der Waals surface area contributed by atoms with E-state index in [0.717, 1.165) is 31.2 Å². The molecule has 8 nitrogen and oxygen atoms in total. The van der Waals surface area contributed by atoms with Crippen molar-refractivity contribution in [2.24, 2.45) is 0 Å². The summed E-state index contributed by atoms with van der Waals surface area (Å²) in [5, 5.41) is 9.83. The molecule has 3 rings (SSSR count). The van der Waals surface area contributed by atoms with Crippen LogP contribution in [0, 0.1) is 0 Å². The van der Waals surface area contributed by atoms with E-state index in [9.17, 15) is 14.4 Å². The molecule has 0 spiro atoms. The second kappa shape index (κ2) is 11.3. The van der Waals surface area contributed by atoms with Gasteiger partial charge in [0.15, 0.2) is 0 Å². The molecule has 1 aliphatic rings. The number of rotatable bonds is 5. The van der Waals surface area contributed by atoms with E-state index in [1.807, 2.05) is 37.3 Å². The summed E-state index contributed by atoms with van der Waals surface area (Å²) in [6, 6.07) is 10.9. The van der Waals surface area contributed by atoms with Gasteiger partial charge in [-0.2, -0.15) is 5.10 Å². The topological polar surface area (TPSA) is 96.3 Å². The summed E-state index contributed by atoms with van der Waals surface area (Å²) in [5.41, 5.74) is 1.20. The third kappa shape index (κ3) is 6.41. The molecule has 0 bridgehead atoms. The molecule has 1 aromatic heterocycles. The SMILES string of the molecule is CCn1ccc(C(=O)NCC(=O)N2CCCCCCNC(=O)CC2c2ccccc2)n1. The van der Waals surface area contributed by atoms with E-state index in [1.54, 1.807) is 21.8 Å². The van der Waals surface area contributed by atoms with Crippen LogP contribution in [0.25, 0.3) is 0 Å². The van der Waals surface area contributed by atoms with Crippen LogP contribution < -0.4 is 10.6 Å². The average Bonchev–Trinajstić information content (AvgIpc) is 3.26. The van der Waals surface area contributed by atoms with Gasteiger partial charge in [-0.15, -0.1) is 0 Å². The first kappa shape index (κ1) is 22.5. The van der Waals surface area contributed by atoms with Gasteiger partial charge in [0, 0.05) is 25.8 Å². The highest BCUT2D eigenvalue weighted by molar-refractivity contribution is 5.94. The molecule has 1 aromatic carbocycles. The lowest BCUT2D eigenvalue weighted by molar-refractivity contribution is -0.134. The van der Waals surface area contributed by atoms with Crippen molar-refractivity contribution in [3.05, 3.63) is 53.9 Å². The second-order valence-electron chi connectivity index (χ2n) is 7.72. The molecule has 1 fully saturated rings. The normalized spacial score (nSPS) is 18.0. The number of hydrogen-bond donors (Lipinski definition) is 2. The summed E-state index contributed by atoms with van der Waals surface area (Å²) < 4.78 is 1.66. The maximum Gasteiger partial charge on any atom is 0.272 e. The van der Waals surface area contributed by atoms with E-state index >= 15 is 0 Å². The molecular formula is C23H31N5O3. The summed E-state index contributed by atoms with van der Waals surface area (Å²) >= 11 is 0. The zero-order chi connectivity index (χ0) is 22.1. The van der Waals surface area contributed by atoms with E-state index in [-0.39, 0.29) is 42.4 Å². The number of nitrogens with one attached hydrogen (secondary N) is 2. The molecule has 0 radical (unpaired) electrons. The maximum absolute atomic E-state index is 13.2. The van der Waals surface area contributed by atoms with Crippen molar-refractivity contribution in [3.63, 3.8) is 0 Å². The number of aromatic nitrogens is 2. The lowest BCUT2D eigenvalue weighted by atomic mass is 10.0.